The normalized spacial score (nSPS) is 11.3. The summed E-state index contributed by atoms with van der Waals surface area (Å²) in [6.45, 7) is 4.08. The first-order valence-corrected chi connectivity index (χ1v) is 10.9. The number of nitrogens with one attached hydrogen (secondary N) is 2. The molecule has 0 bridgehead atoms. The summed E-state index contributed by atoms with van der Waals surface area (Å²) in [7, 11) is -3.87. The molecular formula is C22H21ClN2O3S. The van der Waals surface area contributed by atoms with Gasteiger partial charge in [0.15, 0.2) is 0 Å². The van der Waals surface area contributed by atoms with Crippen LogP contribution in [0, 0.1) is 0 Å². The molecule has 0 radical (unpaired) electrons. The molecule has 0 atom stereocenters. The van der Waals surface area contributed by atoms with E-state index in [1.807, 2.05) is 38.1 Å². The number of para-hydroxylation sites is 2. The van der Waals surface area contributed by atoms with Crippen molar-refractivity contribution in [2.75, 3.05) is 10.0 Å². The molecule has 0 spiro atoms. The predicted octanol–water partition coefficient (Wildman–Crippen LogP) is 5.52. The molecule has 0 saturated carbocycles. The molecule has 2 N–H and O–H groups in total. The lowest BCUT2D eigenvalue weighted by Crippen LogP contribution is -2.19. The second kappa shape index (κ2) is 8.68. The van der Waals surface area contributed by atoms with Gasteiger partial charge in [0.05, 0.1) is 16.1 Å². The number of halogens is 1. The van der Waals surface area contributed by atoms with Gasteiger partial charge in [0.1, 0.15) is 0 Å². The van der Waals surface area contributed by atoms with Crippen molar-refractivity contribution in [2.45, 2.75) is 24.7 Å². The highest BCUT2D eigenvalue weighted by molar-refractivity contribution is 7.92. The molecule has 3 rings (SSSR count). The molecule has 3 aromatic rings. The predicted molar refractivity (Wildman–Crippen MR) is 117 cm³/mol. The average Bonchev–Trinajstić information content (AvgIpc) is 2.68. The lowest BCUT2D eigenvalue weighted by molar-refractivity contribution is 0.102. The van der Waals surface area contributed by atoms with Gasteiger partial charge in [-0.3, -0.25) is 9.52 Å². The van der Waals surface area contributed by atoms with Crippen molar-refractivity contribution in [1.82, 2.24) is 0 Å². The summed E-state index contributed by atoms with van der Waals surface area (Å²) in [5.74, 6) is -0.169. The Hall–Kier alpha value is -2.83. The van der Waals surface area contributed by atoms with E-state index in [4.69, 9.17) is 11.6 Å². The fourth-order valence-electron chi connectivity index (χ4n) is 2.89. The SMILES string of the molecule is CC(C)c1ccccc1NC(=O)c1ccccc1NS(=O)(=O)c1ccc(Cl)cc1. The minimum atomic E-state index is -3.87. The standard InChI is InChI=1S/C22H21ClN2O3S/c1-15(2)18-7-3-5-9-20(18)24-22(26)19-8-4-6-10-21(19)25-29(27,28)17-13-11-16(23)12-14-17/h3-15,25H,1-2H3,(H,24,26). The molecular weight excluding hydrogens is 408 g/mol. The van der Waals surface area contributed by atoms with Crippen LogP contribution in [-0.2, 0) is 10.0 Å². The summed E-state index contributed by atoms with van der Waals surface area (Å²) in [6.07, 6.45) is 0. The number of anilines is 2. The minimum absolute atomic E-state index is 0.0577. The lowest BCUT2D eigenvalue weighted by atomic mass is 10.0. The van der Waals surface area contributed by atoms with E-state index in [9.17, 15) is 13.2 Å². The maximum Gasteiger partial charge on any atom is 0.261 e. The molecule has 0 aliphatic carbocycles. The second-order valence-electron chi connectivity index (χ2n) is 6.80. The van der Waals surface area contributed by atoms with E-state index in [0.717, 1.165) is 5.56 Å². The van der Waals surface area contributed by atoms with Crippen molar-refractivity contribution in [1.29, 1.82) is 0 Å². The second-order valence-corrected chi connectivity index (χ2v) is 8.92. The molecule has 29 heavy (non-hydrogen) atoms. The molecule has 0 aromatic heterocycles. The van der Waals surface area contributed by atoms with E-state index < -0.39 is 15.9 Å². The number of hydrogen-bond acceptors (Lipinski definition) is 3. The van der Waals surface area contributed by atoms with Crippen LogP contribution in [0.4, 0.5) is 11.4 Å². The van der Waals surface area contributed by atoms with Crippen LogP contribution in [-0.4, -0.2) is 14.3 Å². The van der Waals surface area contributed by atoms with Gasteiger partial charge in [-0.15, -0.1) is 0 Å². The van der Waals surface area contributed by atoms with Crippen LogP contribution in [0.3, 0.4) is 0 Å². The Labute approximate surface area is 175 Å². The average molecular weight is 429 g/mol. The van der Waals surface area contributed by atoms with Crippen molar-refractivity contribution in [3.8, 4) is 0 Å². The van der Waals surface area contributed by atoms with E-state index in [2.05, 4.69) is 10.0 Å². The smallest absolute Gasteiger partial charge is 0.261 e. The third-order valence-electron chi connectivity index (χ3n) is 4.37. The Morgan fingerprint density at radius 1 is 0.862 bits per heavy atom. The molecule has 0 heterocycles. The number of benzene rings is 3. The Morgan fingerprint density at radius 3 is 2.10 bits per heavy atom. The maximum atomic E-state index is 12.9. The third kappa shape index (κ3) is 4.96. The van der Waals surface area contributed by atoms with Gasteiger partial charge in [-0.05, 0) is 53.9 Å². The van der Waals surface area contributed by atoms with E-state index in [1.54, 1.807) is 24.3 Å². The molecule has 0 aliphatic heterocycles. The van der Waals surface area contributed by atoms with Crippen molar-refractivity contribution in [2.24, 2.45) is 0 Å². The molecule has 3 aromatic carbocycles. The van der Waals surface area contributed by atoms with Gasteiger partial charge in [0.25, 0.3) is 15.9 Å². The first kappa shape index (κ1) is 20.9. The van der Waals surface area contributed by atoms with Gasteiger partial charge < -0.3 is 5.32 Å². The zero-order valence-electron chi connectivity index (χ0n) is 16.0. The van der Waals surface area contributed by atoms with E-state index in [-0.39, 0.29) is 22.1 Å². The van der Waals surface area contributed by atoms with Gasteiger partial charge in [0.2, 0.25) is 0 Å². The van der Waals surface area contributed by atoms with Crippen LogP contribution in [0.25, 0.3) is 0 Å². The largest absolute Gasteiger partial charge is 0.322 e. The molecule has 0 unspecified atom stereocenters. The Balaban J connectivity index is 1.89. The first-order chi connectivity index (χ1) is 13.8. The summed E-state index contributed by atoms with van der Waals surface area (Å²) in [4.78, 5) is 13.0. The van der Waals surface area contributed by atoms with Crippen LogP contribution in [0.15, 0.2) is 77.7 Å². The zero-order valence-corrected chi connectivity index (χ0v) is 17.6. The van der Waals surface area contributed by atoms with Gasteiger partial charge in [-0.25, -0.2) is 8.42 Å². The summed E-state index contributed by atoms with van der Waals surface area (Å²) >= 11 is 5.83. The zero-order chi connectivity index (χ0) is 21.0. The molecule has 5 nitrogen and oxygen atoms in total. The van der Waals surface area contributed by atoms with Crippen LogP contribution in [0.1, 0.15) is 35.7 Å². The monoisotopic (exact) mass is 428 g/mol. The van der Waals surface area contributed by atoms with Gasteiger partial charge in [-0.2, -0.15) is 0 Å². The fraction of sp³-hybridized carbons (Fsp3) is 0.136. The highest BCUT2D eigenvalue weighted by Gasteiger charge is 2.19. The lowest BCUT2D eigenvalue weighted by Gasteiger charge is -2.16. The Morgan fingerprint density at radius 2 is 1.45 bits per heavy atom. The first-order valence-electron chi connectivity index (χ1n) is 9.05. The van der Waals surface area contributed by atoms with Crippen LogP contribution in [0.2, 0.25) is 5.02 Å². The third-order valence-corrected chi connectivity index (χ3v) is 6.00. The topological polar surface area (TPSA) is 75.3 Å². The number of carbonyl (C=O) groups is 1. The van der Waals surface area contributed by atoms with Crippen molar-refractivity contribution < 1.29 is 13.2 Å². The van der Waals surface area contributed by atoms with Crippen LogP contribution < -0.4 is 10.0 Å². The fourth-order valence-corrected chi connectivity index (χ4v) is 4.10. The Kier molecular flexibility index (Phi) is 6.25. The molecule has 7 heteroatoms. The number of hydrogen-bond donors (Lipinski definition) is 2. The van der Waals surface area contributed by atoms with Gasteiger partial charge in [0, 0.05) is 10.7 Å². The number of rotatable bonds is 6. The van der Waals surface area contributed by atoms with Crippen molar-refractivity contribution in [3.63, 3.8) is 0 Å². The number of sulfonamides is 1. The molecule has 0 saturated heterocycles. The van der Waals surface area contributed by atoms with Gasteiger partial charge >= 0.3 is 0 Å². The van der Waals surface area contributed by atoms with Crippen LogP contribution >= 0.6 is 11.6 Å². The van der Waals surface area contributed by atoms with Crippen LogP contribution in [0.5, 0.6) is 0 Å². The quantitative estimate of drug-likeness (QED) is 0.543. The summed E-state index contributed by atoms with van der Waals surface area (Å²) in [6, 6.07) is 19.8. The summed E-state index contributed by atoms with van der Waals surface area (Å²) in [5.41, 5.74) is 2.12. The maximum absolute atomic E-state index is 12.9. The molecule has 0 aliphatic rings. The minimum Gasteiger partial charge on any atom is -0.322 e. The molecule has 1 amide bonds. The van der Waals surface area contributed by atoms with E-state index in [0.29, 0.717) is 10.7 Å². The highest BCUT2D eigenvalue weighted by atomic mass is 35.5. The van der Waals surface area contributed by atoms with E-state index in [1.165, 1.54) is 24.3 Å². The van der Waals surface area contributed by atoms with Crippen molar-refractivity contribution in [3.05, 3.63) is 88.9 Å². The molecule has 150 valence electrons. The number of carbonyl (C=O) groups excluding carboxylic acids is 1. The number of amides is 1. The summed E-state index contributed by atoms with van der Waals surface area (Å²) in [5, 5.41) is 3.33. The Bertz CT molecular complexity index is 1130. The van der Waals surface area contributed by atoms with E-state index >= 15 is 0 Å². The van der Waals surface area contributed by atoms with Gasteiger partial charge in [-0.1, -0.05) is 55.8 Å². The van der Waals surface area contributed by atoms with Crippen molar-refractivity contribution >= 4 is 38.9 Å². The molecule has 0 fully saturated rings. The summed E-state index contributed by atoms with van der Waals surface area (Å²) < 4.78 is 27.9. The highest BCUT2D eigenvalue weighted by Crippen LogP contribution is 2.26.